The minimum Gasteiger partial charge on any atom is -0.468 e. The number of furan rings is 1. The van der Waals surface area contributed by atoms with Crippen LogP contribution >= 0.6 is 0 Å². The van der Waals surface area contributed by atoms with Gasteiger partial charge in [-0.25, -0.2) is 0 Å². The molecular weight excluding hydrogens is 238 g/mol. The first kappa shape index (κ1) is 12.2. The fourth-order valence-electron chi connectivity index (χ4n) is 1.41. The van der Waals surface area contributed by atoms with Gasteiger partial charge >= 0.3 is 0 Å². The Morgan fingerprint density at radius 2 is 2.17 bits per heavy atom. The van der Waals surface area contributed by atoms with Crippen molar-refractivity contribution in [2.75, 3.05) is 14.2 Å². The van der Waals surface area contributed by atoms with Gasteiger partial charge in [0.25, 0.3) is 11.9 Å². The van der Waals surface area contributed by atoms with E-state index in [0.29, 0.717) is 17.7 Å². The molecule has 0 N–H and O–H groups in total. The van der Waals surface area contributed by atoms with Gasteiger partial charge in [-0.2, -0.15) is 0 Å². The Balaban J connectivity index is 2.04. The molecule has 0 bridgehead atoms. The Labute approximate surface area is 103 Å². The molecule has 1 amide bonds. The average molecular weight is 251 g/mol. The quantitative estimate of drug-likeness (QED) is 0.813. The van der Waals surface area contributed by atoms with Crippen LogP contribution in [-0.2, 0) is 6.54 Å². The van der Waals surface area contributed by atoms with Gasteiger partial charge in [-0.1, -0.05) is 0 Å². The molecule has 0 radical (unpaired) electrons. The van der Waals surface area contributed by atoms with E-state index in [1.165, 1.54) is 12.0 Å². The molecule has 96 valence electrons. The van der Waals surface area contributed by atoms with Crippen molar-refractivity contribution < 1.29 is 18.4 Å². The summed E-state index contributed by atoms with van der Waals surface area (Å²) in [5.41, 5.74) is 0. The summed E-state index contributed by atoms with van der Waals surface area (Å²) in [6, 6.07) is 3.13. The van der Waals surface area contributed by atoms with Gasteiger partial charge in [0.1, 0.15) is 0 Å². The average Bonchev–Trinajstić information content (AvgIpc) is 2.97. The summed E-state index contributed by atoms with van der Waals surface area (Å²) in [6.07, 6.45) is 0. The summed E-state index contributed by atoms with van der Waals surface area (Å²) in [6.45, 7) is 1.92. The van der Waals surface area contributed by atoms with Crippen LogP contribution in [0.3, 0.4) is 0 Å². The molecule has 0 aliphatic rings. The number of hydrogen-bond donors (Lipinski definition) is 0. The number of carbonyl (C=O) groups is 1. The molecule has 0 saturated heterocycles. The van der Waals surface area contributed by atoms with Gasteiger partial charge in [0, 0.05) is 20.0 Å². The van der Waals surface area contributed by atoms with E-state index in [-0.39, 0.29) is 18.2 Å². The van der Waals surface area contributed by atoms with Crippen LogP contribution in [-0.4, -0.2) is 35.2 Å². The molecule has 0 aliphatic heterocycles. The van der Waals surface area contributed by atoms with E-state index in [2.05, 4.69) is 10.2 Å². The van der Waals surface area contributed by atoms with Crippen LogP contribution in [0, 0.1) is 6.92 Å². The fraction of sp³-hybridized carbons (Fsp3) is 0.364. The van der Waals surface area contributed by atoms with Crippen molar-refractivity contribution in [3.63, 3.8) is 0 Å². The van der Waals surface area contributed by atoms with Crippen molar-refractivity contribution in [2.24, 2.45) is 0 Å². The molecule has 7 nitrogen and oxygen atoms in total. The zero-order valence-corrected chi connectivity index (χ0v) is 10.3. The maximum Gasteiger partial charge on any atom is 0.289 e. The number of ether oxygens (including phenoxy) is 1. The Morgan fingerprint density at radius 1 is 1.39 bits per heavy atom. The molecule has 2 heterocycles. The second-order valence-electron chi connectivity index (χ2n) is 3.70. The van der Waals surface area contributed by atoms with Crippen molar-refractivity contribution in [2.45, 2.75) is 13.5 Å². The lowest BCUT2D eigenvalue weighted by Crippen LogP contribution is -2.25. The molecule has 18 heavy (non-hydrogen) atoms. The molecule has 2 aromatic rings. The van der Waals surface area contributed by atoms with Crippen molar-refractivity contribution >= 4 is 5.91 Å². The number of amides is 1. The second kappa shape index (κ2) is 4.91. The molecule has 2 aromatic heterocycles. The minimum atomic E-state index is -0.283. The smallest absolute Gasteiger partial charge is 0.289 e. The molecule has 7 heteroatoms. The van der Waals surface area contributed by atoms with Gasteiger partial charge in [-0.3, -0.25) is 4.79 Å². The van der Waals surface area contributed by atoms with E-state index in [4.69, 9.17) is 13.6 Å². The first-order valence-corrected chi connectivity index (χ1v) is 5.28. The topological polar surface area (TPSA) is 81.6 Å². The number of hydrogen-bond acceptors (Lipinski definition) is 6. The van der Waals surface area contributed by atoms with Crippen molar-refractivity contribution in [1.82, 2.24) is 15.1 Å². The van der Waals surface area contributed by atoms with Gasteiger partial charge in [0.05, 0.1) is 13.7 Å². The Bertz CT molecular complexity index is 546. The van der Waals surface area contributed by atoms with Gasteiger partial charge in [0.15, 0.2) is 5.76 Å². The van der Waals surface area contributed by atoms with Crippen molar-refractivity contribution in [3.05, 3.63) is 29.7 Å². The molecular formula is C11H13N3O4. The maximum absolute atomic E-state index is 12.0. The first-order valence-electron chi connectivity index (χ1n) is 5.28. The first-order chi connectivity index (χ1) is 8.60. The Kier molecular flexibility index (Phi) is 3.31. The lowest BCUT2D eigenvalue weighted by atomic mass is 10.4. The predicted octanol–water partition coefficient (Wildman–Crippen LogP) is 1.25. The van der Waals surface area contributed by atoms with Crippen molar-refractivity contribution in [1.29, 1.82) is 0 Å². The van der Waals surface area contributed by atoms with Crippen LogP contribution < -0.4 is 4.74 Å². The lowest BCUT2D eigenvalue weighted by Gasteiger charge is -2.12. The highest BCUT2D eigenvalue weighted by Crippen LogP contribution is 2.17. The minimum absolute atomic E-state index is 0.200. The maximum atomic E-state index is 12.0. The van der Waals surface area contributed by atoms with E-state index in [9.17, 15) is 4.79 Å². The highest BCUT2D eigenvalue weighted by atomic mass is 16.6. The largest absolute Gasteiger partial charge is 0.468 e. The predicted molar refractivity (Wildman–Crippen MR) is 60.1 cm³/mol. The Hall–Kier alpha value is -2.31. The standard InChI is InChI=1S/C11H13N3O4/c1-7-12-13-9(17-7)6-14(2)11(15)8-4-5-10(16-3)18-8/h4-5H,6H2,1-3H3. The zero-order valence-electron chi connectivity index (χ0n) is 10.3. The van der Waals surface area contributed by atoms with E-state index >= 15 is 0 Å². The molecule has 0 saturated carbocycles. The number of carbonyl (C=O) groups excluding carboxylic acids is 1. The van der Waals surface area contributed by atoms with Crippen LogP contribution in [0.25, 0.3) is 0 Å². The summed E-state index contributed by atoms with van der Waals surface area (Å²) < 4.78 is 15.2. The zero-order chi connectivity index (χ0) is 13.1. The summed E-state index contributed by atoms with van der Waals surface area (Å²) in [4.78, 5) is 13.4. The van der Waals surface area contributed by atoms with Gasteiger partial charge < -0.3 is 18.5 Å². The van der Waals surface area contributed by atoms with Crippen LogP contribution in [0.4, 0.5) is 0 Å². The normalized spacial score (nSPS) is 10.4. The van der Waals surface area contributed by atoms with E-state index in [1.54, 1.807) is 26.1 Å². The van der Waals surface area contributed by atoms with Crippen LogP contribution in [0.15, 0.2) is 21.0 Å². The molecule has 2 rings (SSSR count). The summed E-state index contributed by atoms with van der Waals surface area (Å²) in [7, 11) is 3.09. The summed E-state index contributed by atoms with van der Waals surface area (Å²) in [5, 5.41) is 7.51. The molecule has 0 fully saturated rings. The SMILES string of the molecule is COc1ccc(C(=O)N(C)Cc2nnc(C)o2)o1. The molecule has 0 aromatic carbocycles. The third kappa shape index (κ3) is 2.50. The third-order valence-electron chi connectivity index (χ3n) is 2.28. The van der Waals surface area contributed by atoms with Crippen LogP contribution in [0.5, 0.6) is 5.95 Å². The van der Waals surface area contributed by atoms with Gasteiger partial charge in [-0.15, -0.1) is 10.2 Å². The van der Waals surface area contributed by atoms with Crippen LogP contribution in [0.1, 0.15) is 22.3 Å². The molecule has 0 aliphatic carbocycles. The highest BCUT2D eigenvalue weighted by molar-refractivity contribution is 5.91. The third-order valence-corrected chi connectivity index (χ3v) is 2.28. The summed E-state index contributed by atoms with van der Waals surface area (Å²) >= 11 is 0. The molecule has 0 spiro atoms. The number of methoxy groups -OCH3 is 1. The number of aryl methyl sites for hydroxylation is 1. The second-order valence-corrected chi connectivity index (χ2v) is 3.70. The van der Waals surface area contributed by atoms with Gasteiger partial charge in [0.2, 0.25) is 11.8 Å². The van der Waals surface area contributed by atoms with Gasteiger partial charge in [-0.05, 0) is 6.07 Å². The monoisotopic (exact) mass is 251 g/mol. The lowest BCUT2D eigenvalue weighted by molar-refractivity contribution is 0.0734. The van der Waals surface area contributed by atoms with E-state index in [0.717, 1.165) is 0 Å². The number of nitrogens with zero attached hydrogens (tertiary/aromatic N) is 3. The molecule has 0 unspecified atom stereocenters. The molecule has 0 atom stereocenters. The number of rotatable bonds is 4. The fourth-order valence-corrected chi connectivity index (χ4v) is 1.41. The Morgan fingerprint density at radius 3 is 2.72 bits per heavy atom. The van der Waals surface area contributed by atoms with Crippen LogP contribution in [0.2, 0.25) is 0 Å². The van der Waals surface area contributed by atoms with E-state index in [1.807, 2.05) is 0 Å². The van der Waals surface area contributed by atoms with Crippen molar-refractivity contribution in [3.8, 4) is 5.95 Å². The van der Waals surface area contributed by atoms with E-state index < -0.39 is 0 Å². The summed E-state index contributed by atoms with van der Waals surface area (Å²) in [5.74, 6) is 1.05. The highest BCUT2D eigenvalue weighted by Gasteiger charge is 2.18. The number of aromatic nitrogens is 2.